The van der Waals surface area contributed by atoms with Crippen LogP contribution in [0.1, 0.15) is 40.3 Å². The standard InChI is InChI=1S/C10H16N2O4S2/c1-5-16-7(3)10-11-6(2)8(17-10)9(13)12-18(4,14)15/h7H,5H2,1-4H3,(H,12,13). The van der Waals surface area contributed by atoms with Gasteiger partial charge in [0.2, 0.25) is 10.0 Å². The summed E-state index contributed by atoms with van der Waals surface area (Å²) in [7, 11) is -3.56. The monoisotopic (exact) mass is 292 g/mol. The van der Waals surface area contributed by atoms with Crippen LogP contribution in [0.3, 0.4) is 0 Å². The first kappa shape index (κ1) is 15.1. The van der Waals surface area contributed by atoms with E-state index in [0.29, 0.717) is 22.2 Å². The van der Waals surface area contributed by atoms with Crippen molar-refractivity contribution in [1.29, 1.82) is 0 Å². The van der Waals surface area contributed by atoms with Gasteiger partial charge in [-0.1, -0.05) is 0 Å². The predicted molar refractivity (Wildman–Crippen MR) is 69.2 cm³/mol. The number of hydrogen-bond donors (Lipinski definition) is 1. The second-order valence-corrected chi connectivity index (χ2v) is 6.55. The first-order chi connectivity index (χ1) is 8.24. The van der Waals surface area contributed by atoms with E-state index in [1.54, 1.807) is 6.92 Å². The van der Waals surface area contributed by atoms with Gasteiger partial charge >= 0.3 is 0 Å². The maximum Gasteiger partial charge on any atom is 0.276 e. The van der Waals surface area contributed by atoms with Gasteiger partial charge in [0, 0.05) is 6.61 Å². The number of sulfonamides is 1. The zero-order valence-corrected chi connectivity index (χ0v) is 12.3. The second kappa shape index (κ2) is 5.77. The van der Waals surface area contributed by atoms with Gasteiger partial charge < -0.3 is 4.74 Å². The fourth-order valence-electron chi connectivity index (χ4n) is 1.34. The lowest BCUT2D eigenvalue weighted by molar-refractivity contribution is 0.0761. The summed E-state index contributed by atoms with van der Waals surface area (Å²) in [4.78, 5) is 16.2. The molecule has 0 aromatic carbocycles. The molecular weight excluding hydrogens is 276 g/mol. The largest absolute Gasteiger partial charge is 0.372 e. The number of nitrogens with one attached hydrogen (secondary N) is 1. The van der Waals surface area contributed by atoms with Crippen LogP contribution in [0.5, 0.6) is 0 Å². The summed E-state index contributed by atoms with van der Waals surface area (Å²) >= 11 is 1.14. The first-order valence-electron chi connectivity index (χ1n) is 5.35. The Kier molecular flexibility index (Phi) is 4.83. The van der Waals surface area contributed by atoms with Crippen molar-refractivity contribution < 1.29 is 17.9 Å². The molecule has 0 saturated heterocycles. The molecule has 0 fully saturated rings. The molecule has 0 aliphatic rings. The smallest absolute Gasteiger partial charge is 0.276 e. The molecule has 0 spiro atoms. The van der Waals surface area contributed by atoms with Gasteiger partial charge in [0.25, 0.3) is 5.91 Å². The van der Waals surface area contributed by atoms with Crippen LogP contribution in [0.4, 0.5) is 0 Å². The molecule has 6 nitrogen and oxygen atoms in total. The van der Waals surface area contributed by atoms with Crippen molar-refractivity contribution in [3.63, 3.8) is 0 Å². The molecule has 0 radical (unpaired) electrons. The maximum atomic E-state index is 11.7. The van der Waals surface area contributed by atoms with Crippen LogP contribution in [-0.2, 0) is 14.8 Å². The Morgan fingerprint density at radius 1 is 1.56 bits per heavy atom. The number of carbonyl (C=O) groups excluding carboxylic acids is 1. The Morgan fingerprint density at radius 3 is 2.67 bits per heavy atom. The highest BCUT2D eigenvalue weighted by Crippen LogP contribution is 2.25. The average molecular weight is 292 g/mol. The van der Waals surface area contributed by atoms with Gasteiger partial charge in [-0.05, 0) is 20.8 Å². The van der Waals surface area contributed by atoms with Crippen molar-refractivity contribution in [3.05, 3.63) is 15.6 Å². The van der Waals surface area contributed by atoms with E-state index < -0.39 is 15.9 Å². The van der Waals surface area contributed by atoms with E-state index in [0.717, 1.165) is 17.6 Å². The van der Waals surface area contributed by atoms with Crippen molar-refractivity contribution in [2.45, 2.75) is 26.9 Å². The molecule has 1 atom stereocenters. The zero-order valence-electron chi connectivity index (χ0n) is 10.7. The number of amides is 1. The Bertz CT molecular complexity index is 536. The van der Waals surface area contributed by atoms with Crippen LogP contribution in [0.25, 0.3) is 0 Å². The van der Waals surface area contributed by atoms with Gasteiger partial charge in [0.1, 0.15) is 16.0 Å². The SMILES string of the molecule is CCOC(C)c1nc(C)c(C(=O)NS(C)(=O)=O)s1. The van der Waals surface area contributed by atoms with Gasteiger partial charge in [-0.15, -0.1) is 11.3 Å². The quantitative estimate of drug-likeness (QED) is 0.882. The van der Waals surface area contributed by atoms with E-state index in [1.807, 2.05) is 18.6 Å². The van der Waals surface area contributed by atoms with E-state index in [4.69, 9.17) is 4.74 Å². The lowest BCUT2D eigenvalue weighted by Crippen LogP contribution is -2.29. The van der Waals surface area contributed by atoms with Crippen LogP contribution in [0, 0.1) is 6.92 Å². The molecule has 1 aromatic rings. The molecule has 0 bridgehead atoms. The van der Waals surface area contributed by atoms with E-state index >= 15 is 0 Å². The molecule has 0 aliphatic heterocycles. The number of ether oxygens (including phenoxy) is 1. The summed E-state index contributed by atoms with van der Waals surface area (Å²) in [6, 6.07) is 0. The first-order valence-corrected chi connectivity index (χ1v) is 8.06. The number of carbonyl (C=O) groups is 1. The molecule has 1 amide bonds. The highest BCUT2D eigenvalue weighted by molar-refractivity contribution is 7.89. The molecule has 1 unspecified atom stereocenters. The summed E-state index contributed by atoms with van der Waals surface area (Å²) in [6.07, 6.45) is 0.726. The molecule has 1 rings (SSSR count). The number of aryl methyl sites for hydroxylation is 1. The fraction of sp³-hybridized carbons (Fsp3) is 0.600. The Balaban J connectivity index is 2.94. The van der Waals surface area contributed by atoms with Crippen LogP contribution in [0.15, 0.2) is 0 Å². The van der Waals surface area contributed by atoms with Crippen LogP contribution in [-0.4, -0.2) is 32.2 Å². The lowest BCUT2D eigenvalue weighted by Gasteiger charge is -2.06. The van der Waals surface area contributed by atoms with Gasteiger partial charge in [0.05, 0.1) is 11.9 Å². The van der Waals surface area contributed by atoms with Crippen LogP contribution in [0.2, 0.25) is 0 Å². The van der Waals surface area contributed by atoms with Crippen molar-refractivity contribution in [2.75, 3.05) is 12.9 Å². The molecule has 0 saturated carbocycles. The van der Waals surface area contributed by atoms with Crippen molar-refractivity contribution in [1.82, 2.24) is 9.71 Å². The highest BCUT2D eigenvalue weighted by atomic mass is 32.2. The Morgan fingerprint density at radius 2 is 2.17 bits per heavy atom. The molecular formula is C10H16N2O4S2. The minimum absolute atomic E-state index is 0.210. The third-order valence-corrected chi connectivity index (χ3v) is 3.94. The third-order valence-electron chi connectivity index (χ3n) is 2.06. The average Bonchev–Trinajstić information content (AvgIpc) is 2.58. The number of thiazole rings is 1. The maximum absolute atomic E-state index is 11.7. The Hall–Kier alpha value is -0.990. The second-order valence-electron chi connectivity index (χ2n) is 3.77. The number of nitrogens with zero attached hydrogens (tertiary/aromatic N) is 1. The van der Waals surface area contributed by atoms with Gasteiger partial charge in [-0.2, -0.15) is 0 Å². The minimum Gasteiger partial charge on any atom is -0.372 e. The lowest BCUT2D eigenvalue weighted by atomic mass is 10.4. The van der Waals surface area contributed by atoms with Crippen molar-refractivity contribution >= 4 is 27.3 Å². The summed E-state index contributed by atoms with van der Waals surface area (Å²) < 4.78 is 29.3. The van der Waals surface area contributed by atoms with Crippen LogP contribution >= 0.6 is 11.3 Å². The molecule has 1 heterocycles. The van der Waals surface area contributed by atoms with Gasteiger partial charge in [0.15, 0.2) is 0 Å². The van der Waals surface area contributed by atoms with Crippen molar-refractivity contribution in [2.24, 2.45) is 0 Å². The summed E-state index contributed by atoms with van der Waals surface area (Å²) in [5, 5.41) is 0.660. The van der Waals surface area contributed by atoms with Gasteiger partial charge in [-0.25, -0.2) is 18.1 Å². The van der Waals surface area contributed by atoms with E-state index in [2.05, 4.69) is 4.98 Å². The summed E-state index contributed by atoms with van der Waals surface area (Å²) in [5.41, 5.74) is 0.503. The minimum atomic E-state index is -3.56. The topological polar surface area (TPSA) is 85.4 Å². The van der Waals surface area contributed by atoms with Crippen LogP contribution < -0.4 is 4.72 Å². The highest BCUT2D eigenvalue weighted by Gasteiger charge is 2.20. The van der Waals surface area contributed by atoms with Crippen molar-refractivity contribution in [3.8, 4) is 0 Å². The molecule has 0 aliphatic carbocycles. The molecule has 102 valence electrons. The normalized spacial score (nSPS) is 13.3. The third kappa shape index (κ3) is 4.04. The van der Waals surface area contributed by atoms with E-state index in [-0.39, 0.29) is 6.10 Å². The summed E-state index contributed by atoms with van der Waals surface area (Å²) in [6.45, 7) is 5.91. The number of rotatable bonds is 5. The predicted octanol–water partition coefficient (Wildman–Crippen LogP) is 1.24. The Labute approximate surface area is 110 Å². The van der Waals surface area contributed by atoms with E-state index in [1.165, 1.54) is 0 Å². The van der Waals surface area contributed by atoms with Gasteiger partial charge in [-0.3, -0.25) is 4.79 Å². The number of aromatic nitrogens is 1. The summed E-state index contributed by atoms with van der Waals surface area (Å²) in [5.74, 6) is -0.651. The zero-order chi connectivity index (χ0) is 13.9. The van der Waals surface area contributed by atoms with E-state index in [9.17, 15) is 13.2 Å². The molecule has 8 heteroatoms. The molecule has 18 heavy (non-hydrogen) atoms. The molecule has 1 N–H and O–H groups in total. The number of hydrogen-bond acceptors (Lipinski definition) is 6. The fourth-order valence-corrected chi connectivity index (χ4v) is 2.80. The molecule has 1 aromatic heterocycles.